The number of carbonyl (C=O) groups excluding carboxylic acids is 3. The number of carbonyl (C=O) groups is 3. The molecule has 0 aromatic carbocycles. The number of nitrogens with one attached hydrogen (secondary N) is 4. The zero-order valence-electron chi connectivity index (χ0n) is 15.7. The summed E-state index contributed by atoms with van der Waals surface area (Å²) in [4.78, 5) is 36.3. The highest BCUT2D eigenvalue weighted by Crippen LogP contribution is 2.48. The van der Waals surface area contributed by atoms with Crippen molar-refractivity contribution in [3.05, 3.63) is 17.5 Å². The van der Waals surface area contributed by atoms with Crippen LogP contribution in [-0.4, -0.2) is 42.0 Å². The molecule has 9 nitrogen and oxygen atoms in total. The van der Waals surface area contributed by atoms with Gasteiger partial charge in [-0.3, -0.25) is 19.8 Å². The van der Waals surface area contributed by atoms with Crippen LogP contribution in [0, 0.1) is 11.3 Å². The highest BCUT2D eigenvalue weighted by molar-refractivity contribution is 5.96. The number of alkyl halides is 3. The van der Waals surface area contributed by atoms with E-state index >= 15 is 0 Å². The van der Waals surface area contributed by atoms with Gasteiger partial charge in [0.15, 0.2) is 5.69 Å². The van der Waals surface area contributed by atoms with Gasteiger partial charge in [0.1, 0.15) is 6.04 Å². The van der Waals surface area contributed by atoms with E-state index in [1.54, 1.807) is 0 Å². The molecule has 3 amide bonds. The molecule has 12 heteroatoms. The van der Waals surface area contributed by atoms with Crippen molar-refractivity contribution in [1.29, 1.82) is 0 Å². The number of hydrogen-bond acceptors (Lipinski definition) is 6. The molecule has 160 valence electrons. The maximum atomic E-state index is 12.6. The second-order valence-electron chi connectivity index (χ2n) is 7.76. The van der Waals surface area contributed by atoms with Gasteiger partial charge in [0, 0.05) is 19.2 Å². The monoisotopic (exact) mass is 417 g/mol. The van der Waals surface area contributed by atoms with Crippen LogP contribution >= 0.6 is 0 Å². The first kappa shape index (κ1) is 21.1. The zero-order valence-corrected chi connectivity index (χ0v) is 15.7. The van der Waals surface area contributed by atoms with Gasteiger partial charge in [-0.15, -0.1) is 0 Å². The molecule has 1 saturated carbocycles. The SMILES string of the molecule is CC1(CC(NC(=O)c2cc(C(F)(F)F)on2)C(=O)NNC[C@@H]2CCNC2=O)CC1. The molecule has 2 aliphatic rings. The molecule has 3 rings (SSSR count). The largest absolute Gasteiger partial charge is 0.452 e. The minimum atomic E-state index is -4.76. The Kier molecular flexibility index (Phi) is 5.82. The van der Waals surface area contributed by atoms with Gasteiger partial charge >= 0.3 is 6.18 Å². The van der Waals surface area contributed by atoms with Crippen LogP contribution < -0.4 is 21.5 Å². The lowest BCUT2D eigenvalue weighted by molar-refractivity contribution is -0.155. The first-order chi connectivity index (χ1) is 13.6. The van der Waals surface area contributed by atoms with Crippen LogP contribution in [0.2, 0.25) is 0 Å². The van der Waals surface area contributed by atoms with Gasteiger partial charge in [0.25, 0.3) is 11.8 Å². The lowest BCUT2D eigenvalue weighted by Gasteiger charge is -2.21. The molecule has 2 fully saturated rings. The van der Waals surface area contributed by atoms with E-state index in [1.165, 1.54) is 0 Å². The summed E-state index contributed by atoms with van der Waals surface area (Å²) in [7, 11) is 0. The third-order valence-electron chi connectivity index (χ3n) is 5.17. The van der Waals surface area contributed by atoms with Gasteiger partial charge in [-0.2, -0.15) is 13.2 Å². The molecule has 1 aromatic rings. The quantitative estimate of drug-likeness (QED) is 0.463. The molecule has 0 spiro atoms. The second-order valence-corrected chi connectivity index (χ2v) is 7.76. The van der Waals surface area contributed by atoms with Crippen molar-refractivity contribution >= 4 is 17.7 Å². The lowest BCUT2D eigenvalue weighted by Crippen LogP contribution is -2.52. The Hall–Kier alpha value is -2.63. The molecular weight excluding hydrogens is 395 g/mol. The Morgan fingerprint density at radius 1 is 1.41 bits per heavy atom. The standard InChI is InChI=1S/C17H22F3N5O4/c1-16(3-4-16)7-11(15(28)24-22-8-9-2-5-21-13(9)26)23-14(27)10-6-12(29-25-10)17(18,19)20/h6,9,11,22H,2-5,7-8H2,1H3,(H,21,26)(H,23,27)(H,24,28)/t9-,11?/m0/s1. The van der Waals surface area contributed by atoms with E-state index in [9.17, 15) is 27.6 Å². The number of halogens is 3. The number of amides is 3. The number of rotatable bonds is 8. The van der Waals surface area contributed by atoms with Gasteiger partial charge in [0.2, 0.25) is 11.7 Å². The van der Waals surface area contributed by atoms with Gasteiger partial charge < -0.3 is 15.2 Å². The molecule has 1 saturated heterocycles. The van der Waals surface area contributed by atoms with Gasteiger partial charge in [0.05, 0.1) is 5.92 Å². The van der Waals surface area contributed by atoms with Crippen molar-refractivity contribution in [2.45, 2.75) is 44.8 Å². The van der Waals surface area contributed by atoms with Crippen LogP contribution in [-0.2, 0) is 15.8 Å². The maximum absolute atomic E-state index is 12.6. The van der Waals surface area contributed by atoms with Crippen LogP contribution in [0.25, 0.3) is 0 Å². The van der Waals surface area contributed by atoms with E-state index in [4.69, 9.17) is 0 Å². The van der Waals surface area contributed by atoms with E-state index in [2.05, 4.69) is 31.2 Å². The van der Waals surface area contributed by atoms with E-state index in [-0.39, 0.29) is 23.8 Å². The average molecular weight is 417 g/mol. The maximum Gasteiger partial charge on any atom is 0.452 e. The first-order valence-electron chi connectivity index (χ1n) is 9.23. The fourth-order valence-corrected chi connectivity index (χ4v) is 3.06. The third-order valence-corrected chi connectivity index (χ3v) is 5.17. The van der Waals surface area contributed by atoms with E-state index in [1.807, 2.05) is 6.92 Å². The molecule has 4 N–H and O–H groups in total. The van der Waals surface area contributed by atoms with Gasteiger partial charge in [-0.05, 0) is 31.1 Å². The van der Waals surface area contributed by atoms with Crippen LogP contribution in [0.3, 0.4) is 0 Å². The third kappa shape index (κ3) is 5.46. The summed E-state index contributed by atoms with van der Waals surface area (Å²) < 4.78 is 42.0. The zero-order chi connectivity index (χ0) is 21.2. The van der Waals surface area contributed by atoms with Crippen LogP contribution in [0.15, 0.2) is 10.6 Å². The Balaban J connectivity index is 1.58. The van der Waals surface area contributed by atoms with Gasteiger partial charge in [-0.25, -0.2) is 5.43 Å². The van der Waals surface area contributed by atoms with Crippen molar-refractivity contribution < 1.29 is 32.1 Å². The summed E-state index contributed by atoms with van der Waals surface area (Å²) in [5, 5.41) is 8.23. The summed E-state index contributed by atoms with van der Waals surface area (Å²) in [5.41, 5.74) is 4.46. The summed E-state index contributed by atoms with van der Waals surface area (Å²) in [6.07, 6.45) is -2.04. The molecular formula is C17H22F3N5O4. The molecule has 0 radical (unpaired) electrons. The number of aromatic nitrogens is 1. The predicted molar refractivity (Wildman–Crippen MR) is 92.0 cm³/mol. The Bertz CT molecular complexity index is 790. The number of hydrogen-bond donors (Lipinski definition) is 4. The topological polar surface area (TPSA) is 125 Å². The molecule has 1 aliphatic carbocycles. The molecule has 2 heterocycles. The second kappa shape index (κ2) is 8.01. The summed E-state index contributed by atoms with van der Waals surface area (Å²) in [6, 6.07) is -0.494. The molecule has 2 atom stereocenters. The lowest BCUT2D eigenvalue weighted by atomic mass is 9.98. The highest BCUT2D eigenvalue weighted by Gasteiger charge is 2.42. The van der Waals surface area contributed by atoms with Crippen LogP contribution in [0.1, 0.15) is 48.9 Å². The predicted octanol–water partition coefficient (Wildman–Crippen LogP) is 0.739. The minimum absolute atomic E-state index is 0.103. The summed E-state index contributed by atoms with van der Waals surface area (Å²) >= 11 is 0. The van der Waals surface area contributed by atoms with Crippen molar-refractivity contribution in [3.8, 4) is 0 Å². The number of hydrazine groups is 1. The fraction of sp³-hybridized carbons (Fsp3) is 0.647. The normalized spacial score (nSPS) is 21.4. The summed E-state index contributed by atoms with van der Waals surface area (Å²) in [5.74, 6) is -3.25. The van der Waals surface area contributed by atoms with E-state index in [0.29, 0.717) is 25.5 Å². The molecule has 1 aliphatic heterocycles. The average Bonchev–Trinajstić information content (AvgIpc) is 3.02. The van der Waals surface area contributed by atoms with Crippen molar-refractivity contribution in [1.82, 2.24) is 26.6 Å². The molecule has 1 unspecified atom stereocenters. The first-order valence-corrected chi connectivity index (χ1v) is 9.23. The van der Waals surface area contributed by atoms with E-state index < -0.39 is 35.5 Å². The molecule has 0 bridgehead atoms. The number of nitrogens with zero attached hydrogens (tertiary/aromatic N) is 1. The van der Waals surface area contributed by atoms with Crippen molar-refractivity contribution in [3.63, 3.8) is 0 Å². The highest BCUT2D eigenvalue weighted by atomic mass is 19.4. The minimum Gasteiger partial charge on any atom is -0.356 e. The molecule has 29 heavy (non-hydrogen) atoms. The van der Waals surface area contributed by atoms with Crippen LogP contribution in [0.4, 0.5) is 13.2 Å². The fourth-order valence-electron chi connectivity index (χ4n) is 3.06. The molecule has 1 aromatic heterocycles. The van der Waals surface area contributed by atoms with E-state index in [0.717, 1.165) is 12.8 Å². The van der Waals surface area contributed by atoms with Crippen LogP contribution in [0.5, 0.6) is 0 Å². The van der Waals surface area contributed by atoms with Crippen molar-refractivity contribution in [2.75, 3.05) is 13.1 Å². The van der Waals surface area contributed by atoms with Gasteiger partial charge in [-0.1, -0.05) is 12.1 Å². The summed E-state index contributed by atoms with van der Waals surface area (Å²) in [6.45, 7) is 2.76. The smallest absolute Gasteiger partial charge is 0.356 e. The van der Waals surface area contributed by atoms with Crippen molar-refractivity contribution in [2.24, 2.45) is 11.3 Å². The Morgan fingerprint density at radius 2 is 2.14 bits per heavy atom. The Morgan fingerprint density at radius 3 is 2.69 bits per heavy atom. The Labute approximate surface area is 164 Å².